The first kappa shape index (κ1) is 16.6. The first-order chi connectivity index (χ1) is 9.92. The Labute approximate surface area is 142 Å². The Bertz CT molecular complexity index is 655. The van der Waals surface area contributed by atoms with Crippen molar-refractivity contribution in [3.05, 3.63) is 54.6 Å². The summed E-state index contributed by atoms with van der Waals surface area (Å²) < 4.78 is 27.8. The lowest BCUT2D eigenvalue weighted by Crippen LogP contribution is -2.29. The van der Waals surface area contributed by atoms with Crippen LogP contribution >= 0.6 is 43.2 Å². The Kier molecular flexibility index (Phi) is 5.51. The van der Waals surface area contributed by atoms with Crippen molar-refractivity contribution in [1.29, 1.82) is 0 Å². The van der Waals surface area contributed by atoms with Gasteiger partial charge in [0.25, 0.3) is 5.91 Å². The lowest BCUT2D eigenvalue weighted by atomic mass is 10.2. The predicted molar refractivity (Wildman–Crippen MR) is 86.5 cm³/mol. The summed E-state index contributed by atoms with van der Waals surface area (Å²) in [6.07, 6.45) is 0. The maximum Gasteiger partial charge on any atom is 0.264 e. The highest BCUT2D eigenvalue weighted by Crippen LogP contribution is 2.33. The van der Waals surface area contributed by atoms with Crippen LogP contribution in [-0.2, 0) is 6.54 Å². The summed E-state index contributed by atoms with van der Waals surface area (Å²) in [5.74, 6) is -1.93. The molecule has 2 nitrogen and oxygen atoms in total. The first-order valence-electron chi connectivity index (χ1n) is 6.10. The molecule has 0 bridgehead atoms. The van der Waals surface area contributed by atoms with Crippen molar-refractivity contribution in [2.75, 3.05) is 6.54 Å². The molecule has 7 heteroatoms. The molecule has 0 saturated heterocycles. The second kappa shape index (κ2) is 6.98. The quantitative estimate of drug-likeness (QED) is 0.641. The molecule has 0 radical (unpaired) electrons. The molecule has 2 aromatic rings. The molecule has 0 unspecified atom stereocenters. The fourth-order valence-corrected chi connectivity index (χ4v) is 3.80. The van der Waals surface area contributed by atoms with Gasteiger partial charge in [-0.1, -0.05) is 6.07 Å². The minimum absolute atomic E-state index is 0.140. The zero-order chi connectivity index (χ0) is 15.6. The van der Waals surface area contributed by atoms with Crippen LogP contribution in [0.1, 0.15) is 22.2 Å². The van der Waals surface area contributed by atoms with Crippen molar-refractivity contribution in [1.82, 2.24) is 4.90 Å². The standard InChI is InChI=1S/C14H11Br2F2NOS/c1-2-19(7-8-3-4-10(17)11(18)5-8)14(20)12-6-9(15)13(16)21-12/h3-6H,2,7H2,1H3. The zero-order valence-corrected chi connectivity index (χ0v) is 15.0. The van der Waals surface area contributed by atoms with Crippen molar-refractivity contribution >= 4 is 49.1 Å². The van der Waals surface area contributed by atoms with E-state index in [1.165, 1.54) is 17.4 Å². The lowest BCUT2D eigenvalue weighted by Gasteiger charge is -2.20. The Morgan fingerprint density at radius 2 is 1.95 bits per heavy atom. The number of hydrogen-bond donors (Lipinski definition) is 0. The third kappa shape index (κ3) is 3.90. The molecule has 0 atom stereocenters. The first-order valence-corrected chi connectivity index (χ1v) is 8.50. The third-order valence-electron chi connectivity index (χ3n) is 2.88. The van der Waals surface area contributed by atoms with Gasteiger partial charge in [-0.05, 0) is 62.5 Å². The van der Waals surface area contributed by atoms with Gasteiger partial charge in [-0.25, -0.2) is 8.78 Å². The van der Waals surface area contributed by atoms with Crippen LogP contribution in [0.25, 0.3) is 0 Å². The smallest absolute Gasteiger partial charge is 0.264 e. The zero-order valence-electron chi connectivity index (χ0n) is 11.0. The Morgan fingerprint density at radius 3 is 2.48 bits per heavy atom. The van der Waals surface area contributed by atoms with E-state index in [2.05, 4.69) is 31.9 Å². The van der Waals surface area contributed by atoms with Gasteiger partial charge in [0.05, 0.1) is 8.66 Å². The fraction of sp³-hybridized carbons (Fsp3) is 0.214. The van der Waals surface area contributed by atoms with E-state index in [9.17, 15) is 13.6 Å². The topological polar surface area (TPSA) is 20.3 Å². The van der Waals surface area contributed by atoms with Gasteiger partial charge >= 0.3 is 0 Å². The number of nitrogens with zero attached hydrogens (tertiary/aromatic N) is 1. The maximum atomic E-state index is 13.2. The van der Waals surface area contributed by atoms with Crippen molar-refractivity contribution in [3.8, 4) is 0 Å². The molecule has 0 aliphatic carbocycles. The van der Waals surface area contributed by atoms with E-state index >= 15 is 0 Å². The molecule has 1 aromatic carbocycles. The molecule has 1 heterocycles. The molecule has 0 aliphatic heterocycles. The average molecular weight is 439 g/mol. The van der Waals surface area contributed by atoms with E-state index in [0.717, 1.165) is 20.4 Å². The Hall–Kier alpha value is -0.790. The number of thiophene rings is 1. The van der Waals surface area contributed by atoms with E-state index < -0.39 is 11.6 Å². The van der Waals surface area contributed by atoms with E-state index in [1.807, 2.05) is 6.92 Å². The molecule has 1 aromatic heterocycles. The van der Waals surface area contributed by atoms with E-state index in [1.54, 1.807) is 11.0 Å². The van der Waals surface area contributed by atoms with E-state index in [0.29, 0.717) is 17.0 Å². The van der Waals surface area contributed by atoms with Crippen LogP contribution in [0.3, 0.4) is 0 Å². The Morgan fingerprint density at radius 1 is 1.24 bits per heavy atom. The average Bonchev–Trinajstić information content (AvgIpc) is 2.79. The minimum atomic E-state index is -0.905. The summed E-state index contributed by atoms with van der Waals surface area (Å²) in [7, 11) is 0. The molecule has 1 amide bonds. The number of rotatable bonds is 4. The number of benzene rings is 1. The van der Waals surface area contributed by atoms with Crippen molar-refractivity contribution in [2.24, 2.45) is 0 Å². The molecule has 112 valence electrons. The van der Waals surface area contributed by atoms with Gasteiger partial charge in [-0.15, -0.1) is 11.3 Å². The normalized spacial score (nSPS) is 10.7. The van der Waals surface area contributed by atoms with Gasteiger partial charge in [0.2, 0.25) is 0 Å². The van der Waals surface area contributed by atoms with Crippen molar-refractivity contribution < 1.29 is 13.6 Å². The van der Waals surface area contributed by atoms with Gasteiger partial charge in [0, 0.05) is 17.6 Å². The van der Waals surface area contributed by atoms with Crippen molar-refractivity contribution in [2.45, 2.75) is 13.5 Å². The second-order valence-electron chi connectivity index (χ2n) is 4.30. The molecule has 0 saturated carbocycles. The fourth-order valence-electron chi connectivity index (χ4n) is 1.79. The molecule has 0 aliphatic rings. The number of halogens is 4. The molecular weight excluding hydrogens is 428 g/mol. The van der Waals surface area contributed by atoms with Crippen LogP contribution in [0.15, 0.2) is 32.5 Å². The number of hydrogen-bond acceptors (Lipinski definition) is 2. The second-order valence-corrected chi connectivity index (χ2v) is 7.52. The van der Waals surface area contributed by atoms with E-state index in [4.69, 9.17) is 0 Å². The number of carbonyl (C=O) groups excluding carboxylic acids is 1. The van der Waals surface area contributed by atoms with Gasteiger partial charge < -0.3 is 4.90 Å². The van der Waals surface area contributed by atoms with Crippen LogP contribution < -0.4 is 0 Å². The summed E-state index contributed by atoms with van der Waals surface area (Å²) in [6.45, 7) is 2.56. The molecule has 0 N–H and O–H groups in total. The number of amides is 1. The molecule has 21 heavy (non-hydrogen) atoms. The van der Waals surface area contributed by atoms with Crippen LogP contribution in [0.2, 0.25) is 0 Å². The summed E-state index contributed by atoms with van der Waals surface area (Å²) in [6, 6.07) is 5.41. The van der Waals surface area contributed by atoms with E-state index in [-0.39, 0.29) is 12.5 Å². The summed E-state index contributed by atoms with van der Waals surface area (Å²) in [5, 5.41) is 0. The largest absolute Gasteiger partial charge is 0.334 e. The van der Waals surface area contributed by atoms with Crippen LogP contribution in [-0.4, -0.2) is 17.4 Å². The molecule has 0 spiro atoms. The Balaban J connectivity index is 2.19. The highest BCUT2D eigenvalue weighted by atomic mass is 79.9. The predicted octanol–water partition coefficient (Wildman–Crippen LogP) is 5.21. The number of carbonyl (C=O) groups is 1. The third-order valence-corrected chi connectivity index (χ3v) is 6.13. The molecule has 0 fully saturated rings. The lowest BCUT2D eigenvalue weighted by molar-refractivity contribution is 0.0757. The minimum Gasteiger partial charge on any atom is -0.334 e. The van der Waals surface area contributed by atoms with Crippen LogP contribution in [0.4, 0.5) is 8.78 Å². The van der Waals surface area contributed by atoms with Crippen LogP contribution in [0.5, 0.6) is 0 Å². The summed E-state index contributed by atoms with van der Waals surface area (Å²) >= 11 is 8.02. The summed E-state index contributed by atoms with van der Waals surface area (Å²) in [4.78, 5) is 14.6. The van der Waals surface area contributed by atoms with Gasteiger partial charge in [0.15, 0.2) is 11.6 Å². The highest BCUT2D eigenvalue weighted by Gasteiger charge is 2.18. The van der Waals surface area contributed by atoms with Crippen LogP contribution in [0, 0.1) is 11.6 Å². The van der Waals surface area contributed by atoms with Gasteiger partial charge in [-0.3, -0.25) is 4.79 Å². The monoisotopic (exact) mass is 437 g/mol. The van der Waals surface area contributed by atoms with Crippen molar-refractivity contribution in [3.63, 3.8) is 0 Å². The highest BCUT2D eigenvalue weighted by molar-refractivity contribution is 9.13. The van der Waals surface area contributed by atoms with Gasteiger partial charge in [0.1, 0.15) is 0 Å². The SMILES string of the molecule is CCN(Cc1ccc(F)c(F)c1)C(=O)c1cc(Br)c(Br)s1. The summed E-state index contributed by atoms with van der Waals surface area (Å²) in [5.41, 5.74) is 0.554. The maximum absolute atomic E-state index is 13.2. The molecule has 2 rings (SSSR count). The van der Waals surface area contributed by atoms with Gasteiger partial charge in [-0.2, -0.15) is 0 Å². The molecular formula is C14H11Br2F2NOS.